The number of aromatic carboxylic acids is 1. The third-order valence-corrected chi connectivity index (χ3v) is 2.17. The molecule has 2 aromatic rings. The zero-order valence-corrected chi connectivity index (χ0v) is 9.12. The van der Waals surface area contributed by atoms with E-state index < -0.39 is 5.97 Å². The van der Waals surface area contributed by atoms with Crippen LogP contribution in [0.2, 0.25) is 0 Å². The molecule has 0 fully saturated rings. The second-order valence-electron chi connectivity index (χ2n) is 3.51. The number of carboxylic acid groups (broad SMARTS) is 1. The highest BCUT2D eigenvalue weighted by molar-refractivity contribution is 5.89. The quantitative estimate of drug-likeness (QED) is 0.784. The second-order valence-corrected chi connectivity index (χ2v) is 3.51. The standard InChI is InChI=1S/C11H11N3O3/c1-14-6-8(5-13-14)17-10-4-7(11(15)16)2-3-9(10)12/h2-6H,12H2,1H3,(H,15,16). The predicted octanol–water partition coefficient (Wildman–Crippen LogP) is 1.49. The van der Waals surface area contributed by atoms with Crippen molar-refractivity contribution in [2.45, 2.75) is 0 Å². The van der Waals surface area contributed by atoms with Gasteiger partial charge in [-0.05, 0) is 18.2 Å². The molecule has 2 rings (SSSR count). The van der Waals surface area contributed by atoms with Crippen LogP contribution in [-0.4, -0.2) is 20.9 Å². The zero-order valence-electron chi connectivity index (χ0n) is 9.12. The van der Waals surface area contributed by atoms with E-state index in [2.05, 4.69) is 5.10 Å². The van der Waals surface area contributed by atoms with E-state index in [1.54, 1.807) is 17.9 Å². The molecule has 0 radical (unpaired) electrons. The number of anilines is 1. The second kappa shape index (κ2) is 4.17. The van der Waals surface area contributed by atoms with Gasteiger partial charge in [0.25, 0.3) is 0 Å². The van der Waals surface area contributed by atoms with Crippen LogP contribution >= 0.6 is 0 Å². The number of nitrogen functional groups attached to an aromatic ring is 1. The van der Waals surface area contributed by atoms with Crippen molar-refractivity contribution in [1.29, 1.82) is 0 Å². The molecule has 88 valence electrons. The summed E-state index contributed by atoms with van der Waals surface area (Å²) in [4.78, 5) is 10.8. The molecular formula is C11H11N3O3. The molecule has 0 unspecified atom stereocenters. The van der Waals surface area contributed by atoms with Gasteiger partial charge in [-0.25, -0.2) is 4.79 Å². The lowest BCUT2D eigenvalue weighted by molar-refractivity contribution is 0.0696. The van der Waals surface area contributed by atoms with Gasteiger partial charge in [0.15, 0.2) is 11.5 Å². The fourth-order valence-corrected chi connectivity index (χ4v) is 1.33. The fourth-order valence-electron chi connectivity index (χ4n) is 1.33. The minimum absolute atomic E-state index is 0.123. The van der Waals surface area contributed by atoms with Gasteiger partial charge in [0.05, 0.1) is 23.6 Å². The summed E-state index contributed by atoms with van der Waals surface area (Å²) in [6, 6.07) is 4.30. The van der Waals surface area contributed by atoms with Crippen LogP contribution < -0.4 is 10.5 Å². The molecule has 0 saturated carbocycles. The molecule has 1 aromatic carbocycles. The lowest BCUT2D eigenvalue weighted by Crippen LogP contribution is -1.99. The van der Waals surface area contributed by atoms with Crippen LogP contribution in [-0.2, 0) is 7.05 Å². The van der Waals surface area contributed by atoms with Crippen LogP contribution in [0, 0.1) is 0 Å². The summed E-state index contributed by atoms with van der Waals surface area (Å²) in [6.45, 7) is 0. The summed E-state index contributed by atoms with van der Waals surface area (Å²) in [7, 11) is 1.75. The molecule has 17 heavy (non-hydrogen) atoms. The van der Waals surface area contributed by atoms with Crippen molar-refractivity contribution in [3.8, 4) is 11.5 Å². The summed E-state index contributed by atoms with van der Waals surface area (Å²) in [5, 5.41) is 12.8. The van der Waals surface area contributed by atoms with Gasteiger partial charge in [-0.1, -0.05) is 0 Å². The SMILES string of the molecule is Cn1cc(Oc2cc(C(=O)O)ccc2N)cn1. The maximum Gasteiger partial charge on any atom is 0.335 e. The molecule has 6 nitrogen and oxygen atoms in total. The van der Waals surface area contributed by atoms with Crippen molar-refractivity contribution >= 4 is 11.7 Å². The van der Waals surface area contributed by atoms with E-state index in [9.17, 15) is 4.79 Å². The average molecular weight is 233 g/mol. The Bertz CT molecular complexity index is 563. The van der Waals surface area contributed by atoms with E-state index in [1.807, 2.05) is 0 Å². The summed E-state index contributed by atoms with van der Waals surface area (Å²) in [6.07, 6.45) is 3.18. The van der Waals surface area contributed by atoms with Gasteiger partial charge in [-0.15, -0.1) is 0 Å². The fraction of sp³-hybridized carbons (Fsp3) is 0.0909. The highest BCUT2D eigenvalue weighted by atomic mass is 16.5. The van der Waals surface area contributed by atoms with Gasteiger partial charge in [0, 0.05) is 7.05 Å². The number of carboxylic acids is 1. The van der Waals surface area contributed by atoms with Gasteiger partial charge < -0.3 is 15.6 Å². The number of nitrogens with two attached hydrogens (primary N) is 1. The lowest BCUT2D eigenvalue weighted by Gasteiger charge is -2.06. The molecule has 6 heteroatoms. The molecule has 0 aliphatic heterocycles. The van der Waals surface area contributed by atoms with Crippen LogP contribution in [0.3, 0.4) is 0 Å². The van der Waals surface area contributed by atoms with Crippen molar-refractivity contribution in [2.75, 3.05) is 5.73 Å². The Morgan fingerprint density at radius 3 is 2.88 bits per heavy atom. The van der Waals surface area contributed by atoms with E-state index in [-0.39, 0.29) is 5.56 Å². The summed E-state index contributed by atoms with van der Waals surface area (Å²) >= 11 is 0. The number of aryl methyl sites for hydroxylation is 1. The molecule has 0 aliphatic carbocycles. The molecule has 0 spiro atoms. The number of nitrogens with zero attached hydrogens (tertiary/aromatic N) is 2. The number of hydrogen-bond acceptors (Lipinski definition) is 4. The lowest BCUT2D eigenvalue weighted by atomic mass is 10.2. The van der Waals surface area contributed by atoms with Crippen LogP contribution in [0.5, 0.6) is 11.5 Å². The van der Waals surface area contributed by atoms with Gasteiger partial charge in [-0.2, -0.15) is 5.10 Å². The average Bonchev–Trinajstić information content (AvgIpc) is 2.67. The minimum Gasteiger partial charge on any atom is -0.478 e. The Balaban J connectivity index is 2.31. The molecule has 1 heterocycles. The highest BCUT2D eigenvalue weighted by Crippen LogP contribution is 2.28. The van der Waals surface area contributed by atoms with E-state index in [0.29, 0.717) is 17.2 Å². The topological polar surface area (TPSA) is 90.4 Å². The van der Waals surface area contributed by atoms with Crippen molar-refractivity contribution in [3.05, 3.63) is 36.2 Å². The van der Waals surface area contributed by atoms with Crippen molar-refractivity contribution in [3.63, 3.8) is 0 Å². The summed E-state index contributed by atoms with van der Waals surface area (Å²) < 4.78 is 7.03. The minimum atomic E-state index is -1.03. The molecule has 0 saturated heterocycles. The van der Waals surface area contributed by atoms with Gasteiger partial charge >= 0.3 is 5.97 Å². The van der Waals surface area contributed by atoms with E-state index in [1.165, 1.54) is 24.4 Å². The van der Waals surface area contributed by atoms with Crippen molar-refractivity contribution < 1.29 is 14.6 Å². The van der Waals surface area contributed by atoms with Gasteiger partial charge in [0.2, 0.25) is 0 Å². The molecule has 0 bridgehead atoms. The molecular weight excluding hydrogens is 222 g/mol. The highest BCUT2D eigenvalue weighted by Gasteiger charge is 2.09. The Labute approximate surface area is 97.2 Å². The number of benzene rings is 1. The van der Waals surface area contributed by atoms with Gasteiger partial charge in [0.1, 0.15) is 0 Å². The maximum absolute atomic E-state index is 10.8. The normalized spacial score (nSPS) is 10.2. The number of hydrogen-bond donors (Lipinski definition) is 2. The molecule has 0 aliphatic rings. The summed E-state index contributed by atoms with van der Waals surface area (Å²) in [5.74, 6) is -0.222. The first-order valence-corrected chi connectivity index (χ1v) is 4.85. The Kier molecular flexibility index (Phi) is 2.70. The molecule has 3 N–H and O–H groups in total. The largest absolute Gasteiger partial charge is 0.478 e. The molecule has 1 aromatic heterocycles. The van der Waals surface area contributed by atoms with Crippen LogP contribution in [0.25, 0.3) is 0 Å². The van der Waals surface area contributed by atoms with Crippen LogP contribution in [0.4, 0.5) is 5.69 Å². The predicted molar refractivity (Wildman–Crippen MR) is 61.1 cm³/mol. The van der Waals surface area contributed by atoms with Crippen LogP contribution in [0.1, 0.15) is 10.4 Å². The Hall–Kier alpha value is -2.50. The van der Waals surface area contributed by atoms with Crippen LogP contribution in [0.15, 0.2) is 30.6 Å². The first-order valence-electron chi connectivity index (χ1n) is 4.85. The number of aromatic nitrogens is 2. The number of ether oxygens (including phenoxy) is 1. The van der Waals surface area contributed by atoms with Crippen molar-refractivity contribution in [1.82, 2.24) is 9.78 Å². The van der Waals surface area contributed by atoms with E-state index in [4.69, 9.17) is 15.6 Å². The number of carbonyl (C=O) groups is 1. The first-order chi connectivity index (χ1) is 8.06. The first kappa shape index (κ1) is 11.0. The van der Waals surface area contributed by atoms with Gasteiger partial charge in [-0.3, -0.25) is 4.68 Å². The monoisotopic (exact) mass is 233 g/mol. The Morgan fingerprint density at radius 1 is 1.53 bits per heavy atom. The Morgan fingerprint density at radius 2 is 2.29 bits per heavy atom. The van der Waals surface area contributed by atoms with Crippen molar-refractivity contribution in [2.24, 2.45) is 7.05 Å². The number of rotatable bonds is 3. The third kappa shape index (κ3) is 2.36. The third-order valence-electron chi connectivity index (χ3n) is 2.17. The van der Waals surface area contributed by atoms with E-state index in [0.717, 1.165) is 0 Å². The molecule has 0 atom stereocenters. The molecule has 0 amide bonds. The zero-order chi connectivity index (χ0) is 12.4. The summed E-state index contributed by atoms with van der Waals surface area (Å²) in [5.41, 5.74) is 6.20. The smallest absolute Gasteiger partial charge is 0.335 e. The maximum atomic E-state index is 10.8. The van der Waals surface area contributed by atoms with E-state index >= 15 is 0 Å².